The lowest BCUT2D eigenvalue weighted by Gasteiger charge is -2.45. The Kier molecular flexibility index (Phi) is 3.93. The lowest BCUT2D eigenvalue weighted by molar-refractivity contribution is 0.0467. The molecule has 24 heavy (non-hydrogen) atoms. The molecule has 2 aromatic rings. The van der Waals surface area contributed by atoms with Crippen LogP contribution in [0.2, 0.25) is 0 Å². The summed E-state index contributed by atoms with van der Waals surface area (Å²) >= 11 is 0. The normalized spacial score (nSPS) is 23.1. The molecule has 5 heteroatoms. The standard InChI is InChI=1S/C19H27N5/c1-22(2)16-12-19(10-7-11-19)24(13-16)14-17-20-21-18(23(17)3)15-8-5-4-6-9-15/h4-6,8-9,16H,7,10-14H2,1-3H3. The van der Waals surface area contributed by atoms with E-state index in [0.29, 0.717) is 11.6 Å². The second kappa shape index (κ2) is 5.97. The molecule has 128 valence electrons. The van der Waals surface area contributed by atoms with Gasteiger partial charge in [-0.1, -0.05) is 30.3 Å². The predicted molar refractivity (Wildman–Crippen MR) is 95.5 cm³/mol. The fraction of sp³-hybridized carbons (Fsp3) is 0.579. The van der Waals surface area contributed by atoms with Crippen molar-refractivity contribution in [2.24, 2.45) is 7.05 Å². The van der Waals surface area contributed by atoms with Crippen molar-refractivity contribution in [3.05, 3.63) is 36.2 Å². The Bertz CT molecular complexity index is 702. The van der Waals surface area contributed by atoms with Gasteiger partial charge in [0, 0.05) is 30.7 Å². The molecule has 2 heterocycles. The monoisotopic (exact) mass is 325 g/mol. The van der Waals surface area contributed by atoms with Gasteiger partial charge in [-0.3, -0.25) is 4.90 Å². The van der Waals surface area contributed by atoms with Gasteiger partial charge in [0.25, 0.3) is 0 Å². The summed E-state index contributed by atoms with van der Waals surface area (Å²) in [6.45, 7) is 2.04. The molecule has 1 atom stereocenters. The highest BCUT2D eigenvalue weighted by molar-refractivity contribution is 5.54. The van der Waals surface area contributed by atoms with Crippen LogP contribution in [0.5, 0.6) is 0 Å². The molecule has 0 N–H and O–H groups in total. The van der Waals surface area contributed by atoms with E-state index in [-0.39, 0.29) is 0 Å². The van der Waals surface area contributed by atoms with Crippen LogP contribution in [0.1, 0.15) is 31.5 Å². The van der Waals surface area contributed by atoms with Gasteiger partial charge in [-0.2, -0.15) is 0 Å². The van der Waals surface area contributed by atoms with Crippen LogP contribution in [-0.2, 0) is 13.6 Å². The minimum absolute atomic E-state index is 0.411. The van der Waals surface area contributed by atoms with Crippen molar-refractivity contribution in [1.29, 1.82) is 0 Å². The van der Waals surface area contributed by atoms with E-state index in [4.69, 9.17) is 0 Å². The minimum atomic E-state index is 0.411. The lowest BCUT2D eigenvalue weighted by atomic mass is 9.74. The van der Waals surface area contributed by atoms with E-state index in [1.807, 2.05) is 6.07 Å². The summed E-state index contributed by atoms with van der Waals surface area (Å²) in [7, 11) is 6.50. The summed E-state index contributed by atoms with van der Waals surface area (Å²) in [5, 5.41) is 8.96. The molecular formula is C19H27N5. The first-order valence-corrected chi connectivity index (χ1v) is 8.94. The summed E-state index contributed by atoms with van der Waals surface area (Å²) < 4.78 is 2.16. The number of nitrogens with zero attached hydrogens (tertiary/aromatic N) is 5. The van der Waals surface area contributed by atoms with Gasteiger partial charge in [-0.15, -0.1) is 10.2 Å². The maximum absolute atomic E-state index is 4.51. The molecule has 1 spiro atoms. The summed E-state index contributed by atoms with van der Waals surface area (Å²) in [6, 6.07) is 11.0. The van der Waals surface area contributed by atoms with Gasteiger partial charge in [-0.05, 0) is 39.8 Å². The first-order valence-electron chi connectivity index (χ1n) is 8.94. The molecule has 1 aromatic carbocycles. The highest BCUT2D eigenvalue weighted by Gasteiger charge is 2.49. The van der Waals surface area contributed by atoms with E-state index in [1.165, 1.54) is 25.7 Å². The molecule has 0 radical (unpaired) electrons. The summed E-state index contributed by atoms with van der Waals surface area (Å²) in [5.41, 5.74) is 1.54. The molecule has 1 aromatic heterocycles. The zero-order valence-corrected chi connectivity index (χ0v) is 14.9. The van der Waals surface area contributed by atoms with Crippen molar-refractivity contribution in [2.45, 2.75) is 43.8 Å². The van der Waals surface area contributed by atoms with Gasteiger partial charge in [-0.25, -0.2) is 0 Å². The fourth-order valence-electron chi connectivity index (χ4n) is 4.27. The van der Waals surface area contributed by atoms with Crippen LogP contribution < -0.4 is 0 Å². The predicted octanol–water partition coefficient (Wildman–Crippen LogP) is 2.54. The Morgan fingerprint density at radius 2 is 1.92 bits per heavy atom. The number of hydrogen-bond donors (Lipinski definition) is 0. The Morgan fingerprint density at radius 1 is 1.17 bits per heavy atom. The highest BCUT2D eigenvalue weighted by atomic mass is 15.3. The third-order valence-corrected chi connectivity index (χ3v) is 6.06. The lowest BCUT2D eigenvalue weighted by Crippen LogP contribution is -2.49. The van der Waals surface area contributed by atoms with Crippen LogP contribution >= 0.6 is 0 Å². The van der Waals surface area contributed by atoms with Gasteiger partial charge < -0.3 is 9.47 Å². The zero-order chi connectivity index (χ0) is 16.7. The van der Waals surface area contributed by atoms with E-state index < -0.39 is 0 Å². The first kappa shape index (κ1) is 15.8. The molecule has 2 fully saturated rings. The first-order chi connectivity index (χ1) is 11.6. The number of benzene rings is 1. The van der Waals surface area contributed by atoms with Crippen molar-refractivity contribution in [1.82, 2.24) is 24.6 Å². The van der Waals surface area contributed by atoms with Crippen LogP contribution in [-0.4, -0.2) is 56.8 Å². The Hall–Kier alpha value is -1.72. The Labute approximate surface area is 144 Å². The largest absolute Gasteiger partial charge is 0.313 e. The van der Waals surface area contributed by atoms with Crippen LogP contribution in [0.15, 0.2) is 30.3 Å². The van der Waals surface area contributed by atoms with Crippen LogP contribution in [0, 0.1) is 0 Å². The number of aromatic nitrogens is 3. The number of likely N-dealkylation sites (tertiary alicyclic amines) is 1. The molecule has 1 aliphatic carbocycles. The molecule has 1 saturated heterocycles. The molecule has 1 saturated carbocycles. The third kappa shape index (κ3) is 2.56. The second-order valence-corrected chi connectivity index (χ2v) is 7.64. The van der Waals surface area contributed by atoms with E-state index in [9.17, 15) is 0 Å². The van der Waals surface area contributed by atoms with E-state index >= 15 is 0 Å². The topological polar surface area (TPSA) is 37.2 Å². The van der Waals surface area contributed by atoms with Crippen molar-refractivity contribution in [2.75, 3.05) is 20.6 Å². The summed E-state index contributed by atoms with van der Waals surface area (Å²) in [5.74, 6) is 2.02. The van der Waals surface area contributed by atoms with Gasteiger partial charge in [0.1, 0.15) is 5.82 Å². The number of likely N-dealkylation sites (N-methyl/N-ethyl adjacent to an activating group) is 1. The maximum Gasteiger partial charge on any atom is 0.163 e. The third-order valence-electron chi connectivity index (χ3n) is 6.06. The van der Waals surface area contributed by atoms with Crippen LogP contribution in [0.3, 0.4) is 0 Å². The zero-order valence-electron chi connectivity index (χ0n) is 14.9. The Balaban J connectivity index is 1.56. The minimum Gasteiger partial charge on any atom is -0.313 e. The molecule has 5 nitrogen and oxygen atoms in total. The summed E-state index contributed by atoms with van der Waals surface area (Å²) in [4.78, 5) is 5.05. The van der Waals surface area contributed by atoms with Crippen LogP contribution in [0.4, 0.5) is 0 Å². The van der Waals surface area contributed by atoms with Crippen molar-refractivity contribution >= 4 is 0 Å². The SMILES string of the molecule is CN(C)C1CN(Cc2nnc(-c3ccccc3)n2C)C2(CCC2)C1. The molecule has 1 aliphatic heterocycles. The van der Waals surface area contributed by atoms with Crippen molar-refractivity contribution < 1.29 is 0 Å². The van der Waals surface area contributed by atoms with Gasteiger partial charge in [0.05, 0.1) is 6.54 Å². The van der Waals surface area contributed by atoms with Crippen molar-refractivity contribution in [3.63, 3.8) is 0 Å². The van der Waals surface area contributed by atoms with Crippen molar-refractivity contribution in [3.8, 4) is 11.4 Å². The molecule has 4 rings (SSSR count). The molecule has 0 bridgehead atoms. The second-order valence-electron chi connectivity index (χ2n) is 7.64. The molecular weight excluding hydrogens is 298 g/mol. The molecule has 0 amide bonds. The molecule has 1 unspecified atom stereocenters. The highest BCUT2D eigenvalue weighted by Crippen LogP contribution is 2.46. The average molecular weight is 325 g/mol. The van der Waals surface area contributed by atoms with Crippen LogP contribution in [0.25, 0.3) is 11.4 Å². The van der Waals surface area contributed by atoms with E-state index in [0.717, 1.165) is 30.3 Å². The smallest absolute Gasteiger partial charge is 0.163 e. The van der Waals surface area contributed by atoms with Gasteiger partial charge >= 0.3 is 0 Å². The maximum atomic E-state index is 4.51. The fourth-order valence-corrected chi connectivity index (χ4v) is 4.27. The number of hydrogen-bond acceptors (Lipinski definition) is 4. The quantitative estimate of drug-likeness (QED) is 0.866. The van der Waals surface area contributed by atoms with E-state index in [1.54, 1.807) is 0 Å². The average Bonchev–Trinajstić information content (AvgIpc) is 3.10. The van der Waals surface area contributed by atoms with Gasteiger partial charge in [0.15, 0.2) is 5.82 Å². The number of rotatable bonds is 4. The Morgan fingerprint density at radius 3 is 2.54 bits per heavy atom. The summed E-state index contributed by atoms with van der Waals surface area (Å²) in [6.07, 6.45) is 5.33. The molecule has 2 aliphatic rings. The van der Waals surface area contributed by atoms with Gasteiger partial charge in [0.2, 0.25) is 0 Å². The van der Waals surface area contributed by atoms with E-state index in [2.05, 4.69) is 70.0 Å².